The molecule has 0 spiro atoms. The molecule has 1 N–H and O–H groups in total. The molecule has 0 amide bonds. The van der Waals surface area contributed by atoms with Crippen molar-refractivity contribution in [3.63, 3.8) is 0 Å². The number of ether oxygens (including phenoxy) is 1. The molecule has 1 aliphatic carbocycles. The molecule has 0 saturated heterocycles. The van der Waals surface area contributed by atoms with Crippen LogP contribution in [-0.2, 0) is 6.42 Å². The summed E-state index contributed by atoms with van der Waals surface area (Å²) in [7, 11) is 0. The van der Waals surface area contributed by atoms with Crippen LogP contribution >= 0.6 is 0 Å². The quantitative estimate of drug-likeness (QED) is 0.861. The molecule has 1 fully saturated rings. The van der Waals surface area contributed by atoms with Crippen LogP contribution in [0.5, 0.6) is 5.75 Å². The summed E-state index contributed by atoms with van der Waals surface area (Å²) < 4.78 is 5.61. The minimum Gasteiger partial charge on any atom is -0.493 e. The first-order valence-electron chi connectivity index (χ1n) is 8.75. The van der Waals surface area contributed by atoms with Crippen molar-refractivity contribution >= 4 is 0 Å². The van der Waals surface area contributed by atoms with Gasteiger partial charge in [-0.25, -0.2) is 0 Å². The maximum Gasteiger partial charge on any atom is 0.122 e. The summed E-state index contributed by atoms with van der Waals surface area (Å²) in [6, 6.07) is 7.25. The maximum absolute atomic E-state index is 5.61. The first-order chi connectivity index (χ1) is 10.3. The lowest BCUT2D eigenvalue weighted by Gasteiger charge is -2.28. The van der Waals surface area contributed by atoms with E-state index < -0.39 is 0 Å². The highest BCUT2D eigenvalue weighted by Gasteiger charge is 2.20. The van der Waals surface area contributed by atoms with Gasteiger partial charge >= 0.3 is 0 Å². The summed E-state index contributed by atoms with van der Waals surface area (Å²) in [4.78, 5) is 0. The summed E-state index contributed by atoms with van der Waals surface area (Å²) >= 11 is 0. The first kappa shape index (κ1) is 14.9. The van der Waals surface area contributed by atoms with Crippen LogP contribution in [0.4, 0.5) is 0 Å². The van der Waals surface area contributed by atoms with Crippen LogP contribution in [-0.4, -0.2) is 13.2 Å². The van der Waals surface area contributed by atoms with Crippen molar-refractivity contribution in [2.75, 3.05) is 13.2 Å². The van der Waals surface area contributed by atoms with Gasteiger partial charge in [-0.05, 0) is 54.8 Å². The molecule has 0 bridgehead atoms. The highest BCUT2D eigenvalue weighted by Crippen LogP contribution is 2.31. The Balaban J connectivity index is 1.57. The van der Waals surface area contributed by atoms with E-state index in [9.17, 15) is 0 Å². The molecular formula is C19H29NO. The monoisotopic (exact) mass is 287 g/mol. The Morgan fingerprint density at radius 1 is 1.24 bits per heavy atom. The average Bonchev–Trinajstić information content (AvgIpc) is 2.97. The van der Waals surface area contributed by atoms with E-state index in [4.69, 9.17) is 4.74 Å². The van der Waals surface area contributed by atoms with Gasteiger partial charge in [-0.3, -0.25) is 0 Å². The molecule has 1 aromatic carbocycles. The SMILES string of the molecule is CCC(NCC1CCC(C)CC1)c1ccc2c(c1)CCO2. The van der Waals surface area contributed by atoms with E-state index in [0.29, 0.717) is 6.04 Å². The molecule has 0 radical (unpaired) electrons. The van der Waals surface area contributed by atoms with Crippen LogP contribution in [0.1, 0.15) is 63.1 Å². The number of fused-ring (bicyclic) bond motifs is 1. The van der Waals surface area contributed by atoms with Crippen LogP contribution in [0.15, 0.2) is 18.2 Å². The van der Waals surface area contributed by atoms with E-state index >= 15 is 0 Å². The van der Waals surface area contributed by atoms with Crippen molar-refractivity contribution in [1.29, 1.82) is 0 Å². The van der Waals surface area contributed by atoms with Gasteiger partial charge in [0.2, 0.25) is 0 Å². The second-order valence-electron chi connectivity index (χ2n) is 6.96. The van der Waals surface area contributed by atoms with Crippen LogP contribution < -0.4 is 10.1 Å². The van der Waals surface area contributed by atoms with Crippen LogP contribution in [0, 0.1) is 11.8 Å². The molecule has 0 aromatic heterocycles. The number of rotatable bonds is 5. The largest absolute Gasteiger partial charge is 0.493 e. The van der Waals surface area contributed by atoms with E-state index in [-0.39, 0.29) is 0 Å². The third-order valence-electron chi connectivity index (χ3n) is 5.31. The fourth-order valence-corrected chi connectivity index (χ4v) is 3.76. The second kappa shape index (κ2) is 6.83. The Bertz CT molecular complexity index is 463. The lowest BCUT2D eigenvalue weighted by molar-refractivity contribution is 0.273. The topological polar surface area (TPSA) is 21.3 Å². The summed E-state index contributed by atoms with van der Waals surface area (Å²) in [5.41, 5.74) is 2.82. The average molecular weight is 287 g/mol. The Kier molecular flexibility index (Phi) is 4.84. The van der Waals surface area contributed by atoms with E-state index in [2.05, 4.69) is 37.4 Å². The van der Waals surface area contributed by atoms with E-state index in [1.807, 2.05) is 0 Å². The van der Waals surface area contributed by atoms with Gasteiger partial charge in [0.15, 0.2) is 0 Å². The summed E-state index contributed by atoms with van der Waals surface area (Å²) in [6.45, 7) is 6.71. The molecule has 2 heteroatoms. The van der Waals surface area contributed by atoms with Gasteiger partial charge in [0.05, 0.1) is 6.61 Å². The number of nitrogens with one attached hydrogen (secondary N) is 1. The number of hydrogen-bond acceptors (Lipinski definition) is 2. The zero-order chi connectivity index (χ0) is 14.7. The van der Waals surface area contributed by atoms with Gasteiger partial charge in [0, 0.05) is 12.5 Å². The molecule has 1 aromatic rings. The molecule has 2 aliphatic rings. The number of hydrogen-bond donors (Lipinski definition) is 1. The van der Waals surface area contributed by atoms with Crippen molar-refractivity contribution in [1.82, 2.24) is 5.32 Å². The van der Waals surface area contributed by atoms with Crippen molar-refractivity contribution in [3.05, 3.63) is 29.3 Å². The fourth-order valence-electron chi connectivity index (χ4n) is 3.76. The van der Waals surface area contributed by atoms with E-state index in [0.717, 1.165) is 37.0 Å². The van der Waals surface area contributed by atoms with Gasteiger partial charge in [-0.15, -0.1) is 0 Å². The summed E-state index contributed by atoms with van der Waals surface area (Å²) in [5, 5.41) is 3.82. The molecule has 2 nitrogen and oxygen atoms in total. The molecule has 116 valence electrons. The predicted octanol–water partition coefficient (Wildman–Crippen LogP) is 4.49. The second-order valence-corrected chi connectivity index (χ2v) is 6.96. The molecule has 1 unspecified atom stereocenters. The predicted molar refractivity (Wildman–Crippen MR) is 87.8 cm³/mol. The highest BCUT2D eigenvalue weighted by molar-refractivity contribution is 5.40. The normalized spacial score (nSPS) is 26.2. The molecule has 1 atom stereocenters. The Morgan fingerprint density at radius 2 is 2.05 bits per heavy atom. The molecular weight excluding hydrogens is 258 g/mol. The van der Waals surface area contributed by atoms with E-state index in [1.165, 1.54) is 43.4 Å². The molecule has 3 rings (SSSR count). The van der Waals surface area contributed by atoms with Gasteiger partial charge in [0.25, 0.3) is 0 Å². The highest BCUT2D eigenvalue weighted by atomic mass is 16.5. The Morgan fingerprint density at radius 3 is 2.81 bits per heavy atom. The maximum atomic E-state index is 5.61. The zero-order valence-corrected chi connectivity index (χ0v) is 13.5. The molecule has 1 saturated carbocycles. The van der Waals surface area contributed by atoms with Crippen LogP contribution in [0.3, 0.4) is 0 Å². The third kappa shape index (κ3) is 3.60. The van der Waals surface area contributed by atoms with Gasteiger partial charge in [-0.1, -0.05) is 38.8 Å². The van der Waals surface area contributed by atoms with Crippen LogP contribution in [0.2, 0.25) is 0 Å². The lowest BCUT2D eigenvalue weighted by atomic mass is 9.83. The van der Waals surface area contributed by atoms with Gasteiger partial charge in [0.1, 0.15) is 5.75 Å². The lowest BCUT2D eigenvalue weighted by Crippen LogP contribution is -2.29. The van der Waals surface area contributed by atoms with Crippen LogP contribution in [0.25, 0.3) is 0 Å². The third-order valence-corrected chi connectivity index (χ3v) is 5.31. The Labute approximate surface area is 129 Å². The van der Waals surface area contributed by atoms with Crippen molar-refractivity contribution in [3.8, 4) is 5.75 Å². The first-order valence-corrected chi connectivity index (χ1v) is 8.75. The standard InChI is InChI=1S/C19H29NO/c1-3-18(20-13-15-6-4-14(2)5-7-15)16-8-9-19-17(12-16)10-11-21-19/h8-9,12,14-15,18,20H,3-7,10-11,13H2,1-2H3. The van der Waals surface area contributed by atoms with Crippen molar-refractivity contribution in [2.45, 2.75) is 58.4 Å². The number of benzene rings is 1. The van der Waals surface area contributed by atoms with E-state index in [1.54, 1.807) is 0 Å². The fraction of sp³-hybridized carbons (Fsp3) is 0.684. The molecule has 1 heterocycles. The molecule has 1 aliphatic heterocycles. The summed E-state index contributed by atoms with van der Waals surface area (Å²) in [5.74, 6) is 2.92. The Hall–Kier alpha value is -1.02. The van der Waals surface area contributed by atoms with Gasteiger partial charge in [-0.2, -0.15) is 0 Å². The van der Waals surface area contributed by atoms with Gasteiger partial charge < -0.3 is 10.1 Å². The van der Waals surface area contributed by atoms with Crippen molar-refractivity contribution in [2.24, 2.45) is 11.8 Å². The van der Waals surface area contributed by atoms with Crippen molar-refractivity contribution < 1.29 is 4.74 Å². The minimum atomic E-state index is 0.496. The summed E-state index contributed by atoms with van der Waals surface area (Å²) in [6.07, 6.45) is 7.87. The minimum absolute atomic E-state index is 0.496. The zero-order valence-electron chi connectivity index (χ0n) is 13.5. The molecule has 21 heavy (non-hydrogen) atoms. The smallest absolute Gasteiger partial charge is 0.122 e.